The van der Waals surface area contributed by atoms with Crippen LogP contribution < -0.4 is 5.73 Å². The minimum absolute atomic E-state index is 0.00951. The first-order valence-electron chi connectivity index (χ1n) is 4.62. The molecular formula is C10H11BrN2O2S. The van der Waals surface area contributed by atoms with E-state index in [-0.39, 0.29) is 17.0 Å². The molecule has 6 heteroatoms. The molecule has 1 atom stereocenters. The molecule has 1 aromatic rings. The molecule has 0 aliphatic rings. The molecule has 1 aromatic carbocycles. The second kappa shape index (κ2) is 4.85. The first-order valence-corrected chi connectivity index (χ1v) is 6.96. The van der Waals surface area contributed by atoms with Crippen LogP contribution in [0.4, 0.5) is 5.69 Å². The third kappa shape index (κ3) is 2.36. The van der Waals surface area contributed by atoms with Crippen LogP contribution in [0, 0.1) is 11.3 Å². The van der Waals surface area contributed by atoms with Crippen molar-refractivity contribution in [3.05, 3.63) is 22.7 Å². The summed E-state index contributed by atoms with van der Waals surface area (Å²) < 4.78 is 24.7. The quantitative estimate of drug-likeness (QED) is 0.867. The molecule has 0 aliphatic heterocycles. The average molecular weight is 303 g/mol. The van der Waals surface area contributed by atoms with Gasteiger partial charge in [-0.25, -0.2) is 8.42 Å². The molecule has 0 aromatic heterocycles. The van der Waals surface area contributed by atoms with Gasteiger partial charge in [-0.05, 0) is 24.6 Å². The molecule has 2 N–H and O–H groups in total. The van der Waals surface area contributed by atoms with Crippen LogP contribution in [0.5, 0.6) is 0 Å². The Balaban J connectivity index is 3.39. The Morgan fingerprint density at radius 3 is 2.69 bits per heavy atom. The van der Waals surface area contributed by atoms with Crippen LogP contribution in [0.15, 0.2) is 27.6 Å². The van der Waals surface area contributed by atoms with Crippen molar-refractivity contribution in [3.8, 4) is 6.07 Å². The minimum Gasteiger partial charge on any atom is -0.398 e. The molecule has 0 saturated carbocycles. The van der Waals surface area contributed by atoms with Crippen molar-refractivity contribution in [3.63, 3.8) is 0 Å². The highest BCUT2D eigenvalue weighted by molar-refractivity contribution is 9.10. The second-order valence-corrected chi connectivity index (χ2v) is 6.27. The van der Waals surface area contributed by atoms with E-state index in [1.165, 1.54) is 12.1 Å². The molecular weight excluding hydrogens is 292 g/mol. The van der Waals surface area contributed by atoms with Gasteiger partial charge in [0.1, 0.15) is 0 Å². The predicted molar refractivity (Wildman–Crippen MR) is 65.4 cm³/mol. The normalized spacial score (nSPS) is 13.1. The highest BCUT2D eigenvalue weighted by Crippen LogP contribution is 2.27. The molecule has 0 heterocycles. The molecule has 4 nitrogen and oxygen atoms in total. The summed E-state index contributed by atoms with van der Waals surface area (Å²) >= 11 is 3.18. The summed E-state index contributed by atoms with van der Waals surface area (Å²) in [6.07, 6.45) is 0.241. The van der Waals surface area contributed by atoms with E-state index in [2.05, 4.69) is 15.9 Å². The number of nitrogen functional groups attached to an aromatic ring is 1. The van der Waals surface area contributed by atoms with Crippen molar-refractivity contribution in [1.29, 1.82) is 5.26 Å². The maximum absolute atomic E-state index is 12.0. The summed E-state index contributed by atoms with van der Waals surface area (Å²) in [6, 6.07) is 6.36. The maximum atomic E-state index is 12.0. The number of nitrogens with two attached hydrogens (primary N) is 1. The Morgan fingerprint density at radius 2 is 2.19 bits per heavy atom. The molecule has 0 spiro atoms. The largest absolute Gasteiger partial charge is 0.398 e. The van der Waals surface area contributed by atoms with E-state index in [1.807, 2.05) is 0 Å². The van der Waals surface area contributed by atoms with Gasteiger partial charge in [0.05, 0.1) is 16.7 Å². The Labute approximate surface area is 103 Å². The fourth-order valence-corrected chi connectivity index (χ4v) is 3.37. The molecule has 16 heavy (non-hydrogen) atoms. The van der Waals surface area contributed by atoms with Crippen molar-refractivity contribution in [2.24, 2.45) is 0 Å². The Bertz CT molecular complexity index is 534. The highest BCUT2D eigenvalue weighted by Gasteiger charge is 2.27. The smallest absolute Gasteiger partial charge is 0.196 e. The van der Waals surface area contributed by atoms with Crippen molar-refractivity contribution >= 4 is 31.5 Å². The van der Waals surface area contributed by atoms with Gasteiger partial charge < -0.3 is 5.73 Å². The lowest BCUT2D eigenvalue weighted by atomic mass is 10.3. The van der Waals surface area contributed by atoms with Crippen LogP contribution >= 0.6 is 15.9 Å². The van der Waals surface area contributed by atoms with E-state index in [1.54, 1.807) is 19.1 Å². The first kappa shape index (κ1) is 13.0. The number of rotatable bonds is 3. The number of benzene rings is 1. The van der Waals surface area contributed by atoms with E-state index in [0.717, 1.165) is 0 Å². The number of halogens is 1. The lowest BCUT2D eigenvalue weighted by molar-refractivity contribution is 0.588. The van der Waals surface area contributed by atoms with Crippen LogP contribution in [-0.4, -0.2) is 13.7 Å². The monoisotopic (exact) mass is 302 g/mol. The van der Waals surface area contributed by atoms with Gasteiger partial charge in [0.25, 0.3) is 0 Å². The zero-order chi connectivity index (χ0) is 12.3. The van der Waals surface area contributed by atoms with Crippen molar-refractivity contribution in [1.82, 2.24) is 0 Å². The molecule has 0 bridgehead atoms. The number of hydrogen-bond acceptors (Lipinski definition) is 4. The number of anilines is 1. The van der Waals surface area contributed by atoms with Crippen LogP contribution in [0.25, 0.3) is 0 Å². The Hall–Kier alpha value is -1.06. The predicted octanol–water partition coefficient (Wildman–Crippen LogP) is 2.11. The summed E-state index contributed by atoms with van der Waals surface area (Å²) in [5.74, 6) is 0. The molecule has 0 radical (unpaired) electrons. The summed E-state index contributed by atoms with van der Waals surface area (Å²) in [5.41, 5.74) is 5.78. The van der Waals surface area contributed by atoms with Gasteiger partial charge in [-0.2, -0.15) is 5.26 Å². The van der Waals surface area contributed by atoms with Crippen LogP contribution in [0.1, 0.15) is 13.3 Å². The highest BCUT2D eigenvalue weighted by atomic mass is 79.9. The third-order valence-corrected chi connectivity index (χ3v) is 4.82. The summed E-state index contributed by atoms with van der Waals surface area (Å²) in [4.78, 5) is 0.00951. The fraction of sp³-hybridized carbons (Fsp3) is 0.300. The molecule has 1 unspecified atom stereocenters. The zero-order valence-electron chi connectivity index (χ0n) is 8.64. The summed E-state index contributed by atoms with van der Waals surface area (Å²) in [6.45, 7) is 1.65. The zero-order valence-corrected chi connectivity index (χ0v) is 11.0. The number of hydrogen-bond donors (Lipinski definition) is 1. The van der Waals surface area contributed by atoms with Crippen LogP contribution in [-0.2, 0) is 9.84 Å². The third-order valence-electron chi connectivity index (χ3n) is 2.17. The van der Waals surface area contributed by atoms with Gasteiger partial charge in [-0.3, -0.25) is 0 Å². The van der Waals surface area contributed by atoms with Crippen molar-refractivity contribution < 1.29 is 8.42 Å². The molecule has 1 rings (SSSR count). The number of nitriles is 1. The summed E-state index contributed by atoms with van der Waals surface area (Å²) in [7, 11) is -3.67. The molecule has 86 valence electrons. The number of nitrogens with zero attached hydrogens (tertiary/aromatic N) is 1. The van der Waals surface area contributed by atoms with Crippen LogP contribution in [0.2, 0.25) is 0 Å². The molecule has 0 fully saturated rings. The Kier molecular flexibility index (Phi) is 3.94. The summed E-state index contributed by atoms with van der Waals surface area (Å²) in [5, 5.41) is 7.75. The SMILES string of the molecule is CCC(C#N)S(=O)(=O)c1cc(Br)ccc1N. The topological polar surface area (TPSA) is 84.0 Å². The van der Waals surface area contributed by atoms with Gasteiger partial charge in [-0.1, -0.05) is 22.9 Å². The second-order valence-electron chi connectivity index (χ2n) is 3.25. The Morgan fingerprint density at radius 1 is 1.56 bits per heavy atom. The van der Waals surface area contributed by atoms with Crippen LogP contribution in [0.3, 0.4) is 0 Å². The lowest BCUT2D eigenvalue weighted by Crippen LogP contribution is -2.19. The lowest BCUT2D eigenvalue weighted by Gasteiger charge is -2.11. The van der Waals surface area contributed by atoms with E-state index in [9.17, 15) is 8.42 Å². The van der Waals surface area contributed by atoms with Gasteiger partial charge in [0, 0.05) is 4.47 Å². The van der Waals surface area contributed by atoms with Crippen molar-refractivity contribution in [2.75, 3.05) is 5.73 Å². The fourth-order valence-electron chi connectivity index (χ4n) is 1.29. The average Bonchev–Trinajstić information content (AvgIpc) is 2.23. The van der Waals surface area contributed by atoms with E-state index >= 15 is 0 Å². The molecule has 0 aliphatic carbocycles. The molecule has 0 amide bonds. The van der Waals surface area contributed by atoms with E-state index < -0.39 is 15.1 Å². The number of sulfone groups is 1. The van der Waals surface area contributed by atoms with E-state index in [4.69, 9.17) is 11.0 Å². The van der Waals surface area contributed by atoms with Crippen molar-refractivity contribution in [2.45, 2.75) is 23.5 Å². The molecule has 0 saturated heterocycles. The first-order chi connectivity index (χ1) is 7.43. The maximum Gasteiger partial charge on any atom is 0.196 e. The van der Waals surface area contributed by atoms with Gasteiger partial charge in [0.2, 0.25) is 0 Å². The van der Waals surface area contributed by atoms with Gasteiger partial charge in [-0.15, -0.1) is 0 Å². The van der Waals surface area contributed by atoms with E-state index in [0.29, 0.717) is 4.47 Å². The van der Waals surface area contributed by atoms with Gasteiger partial charge >= 0.3 is 0 Å². The minimum atomic E-state index is -3.67. The standard InChI is InChI=1S/C10H11BrN2O2S/c1-2-8(6-12)16(14,15)10-5-7(11)3-4-9(10)13/h3-5,8H,2,13H2,1H3. The van der Waals surface area contributed by atoms with Gasteiger partial charge in [0.15, 0.2) is 15.1 Å².